The van der Waals surface area contributed by atoms with Crippen molar-refractivity contribution in [1.82, 2.24) is 0 Å². The number of allylic oxidation sites excluding steroid dienone is 1. The van der Waals surface area contributed by atoms with Crippen LogP contribution in [-0.4, -0.2) is 18.4 Å². The second-order valence-electron chi connectivity index (χ2n) is 2.63. The molecular formula is C10H16O3. The molecule has 0 radical (unpaired) electrons. The Kier molecular flexibility index (Phi) is 6.88. The summed E-state index contributed by atoms with van der Waals surface area (Å²) < 4.78 is 4.52. The van der Waals surface area contributed by atoms with Crippen LogP contribution < -0.4 is 0 Å². The number of hydrogen-bond donors (Lipinski definition) is 0. The van der Waals surface area contributed by atoms with Gasteiger partial charge in [0.2, 0.25) is 0 Å². The molecule has 0 aliphatic rings. The van der Waals surface area contributed by atoms with Gasteiger partial charge < -0.3 is 4.74 Å². The quantitative estimate of drug-likeness (QED) is 0.274. The molecule has 0 saturated carbocycles. The summed E-state index contributed by atoms with van der Waals surface area (Å²) in [6.07, 6.45) is 5.95. The lowest BCUT2D eigenvalue weighted by Gasteiger charge is -1.95. The van der Waals surface area contributed by atoms with Crippen molar-refractivity contribution in [2.24, 2.45) is 0 Å². The zero-order chi connectivity index (χ0) is 10.1. The van der Waals surface area contributed by atoms with Crippen molar-refractivity contribution in [2.75, 3.05) is 6.61 Å². The van der Waals surface area contributed by atoms with Crippen LogP contribution in [0, 0.1) is 0 Å². The fourth-order valence-electron chi connectivity index (χ4n) is 0.783. The Morgan fingerprint density at radius 1 is 1.31 bits per heavy atom. The molecule has 0 N–H and O–H groups in total. The van der Waals surface area contributed by atoms with Gasteiger partial charge in [0.1, 0.15) is 0 Å². The first-order valence-corrected chi connectivity index (χ1v) is 4.60. The molecule has 0 heterocycles. The van der Waals surface area contributed by atoms with Crippen molar-refractivity contribution in [3.05, 3.63) is 12.2 Å². The number of ether oxygens (including phenoxy) is 1. The maximum atomic E-state index is 10.9. The first-order valence-electron chi connectivity index (χ1n) is 4.60. The van der Waals surface area contributed by atoms with Gasteiger partial charge in [0.25, 0.3) is 5.78 Å². The minimum Gasteiger partial charge on any atom is -0.460 e. The smallest absolute Gasteiger partial charge is 0.378 e. The van der Waals surface area contributed by atoms with Crippen molar-refractivity contribution in [1.29, 1.82) is 0 Å². The Balaban J connectivity index is 3.72. The molecule has 0 rings (SSSR count). The highest BCUT2D eigenvalue weighted by Crippen LogP contribution is 1.95. The molecule has 0 aliphatic carbocycles. The summed E-state index contributed by atoms with van der Waals surface area (Å²) in [5, 5.41) is 0. The predicted octanol–water partition coefficient (Wildman–Crippen LogP) is 1.86. The monoisotopic (exact) mass is 184 g/mol. The van der Waals surface area contributed by atoms with Crippen LogP contribution in [0.1, 0.15) is 33.1 Å². The first-order chi connectivity index (χ1) is 6.22. The van der Waals surface area contributed by atoms with E-state index in [1.54, 1.807) is 13.0 Å². The summed E-state index contributed by atoms with van der Waals surface area (Å²) in [5.41, 5.74) is 0. The molecule has 0 aliphatic heterocycles. The van der Waals surface area contributed by atoms with Gasteiger partial charge in [0.15, 0.2) is 0 Å². The molecule has 0 aromatic heterocycles. The van der Waals surface area contributed by atoms with E-state index in [0.717, 1.165) is 19.3 Å². The molecule has 0 aromatic carbocycles. The third kappa shape index (κ3) is 6.08. The summed E-state index contributed by atoms with van der Waals surface area (Å²) in [4.78, 5) is 21.7. The topological polar surface area (TPSA) is 43.4 Å². The minimum absolute atomic E-state index is 0.243. The summed E-state index contributed by atoms with van der Waals surface area (Å²) in [6.45, 7) is 3.99. The number of carbonyl (C=O) groups excluding carboxylic acids is 2. The Morgan fingerprint density at radius 2 is 2.00 bits per heavy atom. The summed E-state index contributed by atoms with van der Waals surface area (Å²) >= 11 is 0. The molecule has 0 amide bonds. The molecule has 0 unspecified atom stereocenters. The number of ketones is 1. The van der Waals surface area contributed by atoms with Crippen LogP contribution in [0.5, 0.6) is 0 Å². The Morgan fingerprint density at radius 3 is 2.54 bits per heavy atom. The Labute approximate surface area is 78.8 Å². The lowest BCUT2D eigenvalue weighted by atomic mass is 10.2. The van der Waals surface area contributed by atoms with E-state index in [0.29, 0.717) is 0 Å². The van der Waals surface area contributed by atoms with Crippen LogP contribution in [0.15, 0.2) is 12.2 Å². The number of rotatable bonds is 6. The van der Waals surface area contributed by atoms with E-state index in [2.05, 4.69) is 11.7 Å². The van der Waals surface area contributed by atoms with E-state index in [1.807, 2.05) is 0 Å². The molecule has 3 heteroatoms. The highest BCUT2D eigenvalue weighted by Gasteiger charge is 2.09. The van der Waals surface area contributed by atoms with E-state index in [1.165, 1.54) is 6.08 Å². The van der Waals surface area contributed by atoms with Gasteiger partial charge in [-0.05, 0) is 19.4 Å². The zero-order valence-corrected chi connectivity index (χ0v) is 8.21. The van der Waals surface area contributed by atoms with E-state index in [-0.39, 0.29) is 6.61 Å². The SMILES string of the molecule is CCCCC=CC(=O)C(=O)OCC. The standard InChI is InChI=1S/C10H16O3/c1-3-5-6-7-8-9(11)10(12)13-4-2/h7-8H,3-6H2,1-2H3. The van der Waals surface area contributed by atoms with Crippen molar-refractivity contribution in [3.63, 3.8) is 0 Å². The highest BCUT2D eigenvalue weighted by atomic mass is 16.5. The Bertz CT molecular complexity index is 194. The molecule has 0 spiro atoms. The largest absolute Gasteiger partial charge is 0.460 e. The lowest BCUT2D eigenvalue weighted by molar-refractivity contribution is -0.151. The van der Waals surface area contributed by atoms with E-state index < -0.39 is 11.8 Å². The van der Waals surface area contributed by atoms with Gasteiger partial charge >= 0.3 is 5.97 Å². The minimum atomic E-state index is -0.768. The number of esters is 1. The van der Waals surface area contributed by atoms with E-state index in [9.17, 15) is 9.59 Å². The third-order valence-corrected chi connectivity index (χ3v) is 1.47. The molecule has 3 nitrogen and oxygen atoms in total. The van der Waals surface area contributed by atoms with Gasteiger partial charge in [0, 0.05) is 0 Å². The Hall–Kier alpha value is -1.12. The van der Waals surface area contributed by atoms with E-state index >= 15 is 0 Å². The molecular weight excluding hydrogens is 168 g/mol. The molecule has 0 atom stereocenters. The van der Waals surface area contributed by atoms with Crippen molar-refractivity contribution in [2.45, 2.75) is 33.1 Å². The lowest BCUT2D eigenvalue weighted by Crippen LogP contribution is -2.14. The van der Waals surface area contributed by atoms with Gasteiger partial charge in [-0.2, -0.15) is 0 Å². The molecule has 0 bridgehead atoms. The summed E-state index contributed by atoms with van der Waals surface area (Å²) in [6, 6.07) is 0. The van der Waals surface area contributed by atoms with Crippen molar-refractivity contribution >= 4 is 11.8 Å². The van der Waals surface area contributed by atoms with Gasteiger partial charge in [-0.1, -0.05) is 25.8 Å². The van der Waals surface area contributed by atoms with Gasteiger partial charge in [-0.25, -0.2) is 4.79 Å². The summed E-state index contributed by atoms with van der Waals surface area (Å²) in [5.74, 6) is -1.34. The van der Waals surface area contributed by atoms with Gasteiger partial charge in [0.05, 0.1) is 6.61 Å². The van der Waals surface area contributed by atoms with Crippen LogP contribution in [0.3, 0.4) is 0 Å². The normalized spacial score (nSPS) is 10.3. The van der Waals surface area contributed by atoms with Crippen LogP contribution in [0.2, 0.25) is 0 Å². The molecule has 13 heavy (non-hydrogen) atoms. The fraction of sp³-hybridized carbons (Fsp3) is 0.600. The molecule has 0 aromatic rings. The van der Waals surface area contributed by atoms with Gasteiger partial charge in [-0.15, -0.1) is 0 Å². The summed E-state index contributed by atoms with van der Waals surface area (Å²) in [7, 11) is 0. The molecule has 74 valence electrons. The van der Waals surface area contributed by atoms with Gasteiger partial charge in [-0.3, -0.25) is 4.79 Å². The molecule has 0 saturated heterocycles. The van der Waals surface area contributed by atoms with Crippen molar-refractivity contribution < 1.29 is 14.3 Å². The third-order valence-electron chi connectivity index (χ3n) is 1.47. The molecule has 0 fully saturated rings. The fourth-order valence-corrected chi connectivity index (χ4v) is 0.783. The maximum absolute atomic E-state index is 10.9. The highest BCUT2D eigenvalue weighted by molar-refractivity contribution is 6.38. The zero-order valence-electron chi connectivity index (χ0n) is 8.21. The second kappa shape index (κ2) is 7.53. The van der Waals surface area contributed by atoms with Crippen LogP contribution in [-0.2, 0) is 14.3 Å². The average Bonchev–Trinajstić information content (AvgIpc) is 2.12. The predicted molar refractivity (Wildman–Crippen MR) is 50.3 cm³/mol. The number of unbranched alkanes of at least 4 members (excludes halogenated alkanes) is 2. The van der Waals surface area contributed by atoms with Crippen molar-refractivity contribution in [3.8, 4) is 0 Å². The average molecular weight is 184 g/mol. The number of hydrogen-bond acceptors (Lipinski definition) is 3. The van der Waals surface area contributed by atoms with E-state index in [4.69, 9.17) is 0 Å². The second-order valence-corrected chi connectivity index (χ2v) is 2.63. The maximum Gasteiger partial charge on any atom is 0.378 e. The van der Waals surface area contributed by atoms with Crippen LogP contribution in [0.4, 0.5) is 0 Å². The number of carbonyl (C=O) groups is 2. The first kappa shape index (κ1) is 11.9. The van der Waals surface area contributed by atoms with Crippen LogP contribution in [0.25, 0.3) is 0 Å². The van der Waals surface area contributed by atoms with Crippen LogP contribution >= 0.6 is 0 Å².